The Morgan fingerprint density at radius 3 is 2.43 bits per heavy atom. The van der Waals surface area contributed by atoms with E-state index in [1.54, 1.807) is 55.6 Å². The quantitative estimate of drug-likeness (QED) is 0.655. The number of hydrogen-bond donors (Lipinski definition) is 1. The fourth-order valence-electron chi connectivity index (χ4n) is 2.67. The van der Waals surface area contributed by atoms with Gasteiger partial charge in [0, 0.05) is 24.7 Å². The van der Waals surface area contributed by atoms with Crippen molar-refractivity contribution >= 4 is 27.3 Å². The molecule has 28 heavy (non-hydrogen) atoms. The van der Waals surface area contributed by atoms with Crippen LogP contribution in [0.2, 0.25) is 0 Å². The number of methoxy groups -OCH3 is 1. The standard InChI is InChI=1S/C20H26N2O5S/c1-4-27-18-12-10-17(11-13-18)22(28(3,24)25)14-6-9-20(23)21-16-7-5-8-19(15-16)26-2/h5,7-8,10-13,15H,4,6,9,14H2,1-3H3,(H,21,23). The number of rotatable bonds is 10. The zero-order chi connectivity index (χ0) is 20.6. The third-order valence-electron chi connectivity index (χ3n) is 3.95. The van der Waals surface area contributed by atoms with E-state index in [4.69, 9.17) is 9.47 Å². The lowest BCUT2D eigenvalue weighted by Crippen LogP contribution is -2.31. The lowest BCUT2D eigenvalue weighted by Gasteiger charge is -2.22. The van der Waals surface area contributed by atoms with Crippen molar-refractivity contribution in [3.05, 3.63) is 48.5 Å². The summed E-state index contributed by atoms with van der Waals surface area (Å²) in [4.78, 5) is 12.2. The Morgan fingerprint density at radius 1 is 1.11 bits per heavy atom. The van der Waals surface area contributed by atoms with Gasteiger partial charge in [-0.2, -0.15) is 0 Å². The van der Waals surface area contributed by atoms with Gasteiger partial charge >= 0.3 is 0 Å². The first-order chi connectivity index (χ1) is 13.3. The number of anilines is 2. The Morgan fingerprint density at radius 2 is 1.82 bits per heavy atom. The predicted molar refractivity (Wildman–Crippen MR) is 111 cm³/mol. The molecule has 0 spiro atoms. The van der Waals surface area contributed by atoms with Gasteiger partial charge in [0.2, 0.25) is 15.9 Å². The normalized spacial score (nSPS) is 11.0. The smallest absolute Gasteiger partial charge is 0.232 e. The number of carbonyl (C=O) groups is 1. The fourth-order valence-corrected chi connectivity index (χ4v) is 3.63. The third kappa shape index (κ3) is 6.45. The average Bonchev–Trinajstić information content (AvgIpc) is 2.65. The minimum Gasteiger partial charge on any atom is -0.497 e. The van der Waals surface area contributed by atoms with Gasteiger partial charge in [0.25, 0.3) is 0 Å². The summed E-state index contributed by atoms with van der Waals surface area (Å²) in [5.41, 5.74) is 1.18. The van der Waals surface area contributed by atoms with Crippen molar-refractivity contribution < 1.29 is 22.7 Å². The van der Waals surface area contributed by atoms with Crippen LogP contribution >= 0.6 is 0 Å². The van der Waals surface area contributed by atoms with Crippen LogP contribution in [0.1, 0.15) is 19.8 Å². The van der Waals surface area contributed by atoms with E-state index in [1.807, 2.05) is 6.92 Å². The van der Waals surface area contributed by atoms with Gasteiger partial charge in [-0.05, 0) is 49.7 Å². The molecule has 7 nitrogen and oxygen atoms in total. The van der Waals surface area contributed by atoms with Crippen molar-refractivity contribution in [2.45, 2.75) is 19.8 Å². The first-order valence-electron chi connectivity index (χ1n) is 8.98. The van der Waals surface area contributed by atoms with Gasteiger partial charge in [-0.15, -0.1) is 0 Å². The van der Waals surface area contributed by atoms with Gasteiger partial charge in [0.1, 0.15) is 11.5 Å². The highest BCUT2D eigenvalue weighted by atomic mass is 32.2. The monoisotopic (exact) mass is 406 g/mol. The molecule has 0 atom stereocenters. The SMILES string of the molecule is CCOc1ccc(N(CCCC(=O)Nc2cccc(OC)c2)S(C)(=O)=O)cc1. The van der Waals surface area contributed by atoms with Crippen LogP contribution < -0.4 is 19.1 Å². The minimum absolute atomic E-state index is 0.187. The molecule has 0 aliphatic rings. The molecule has 152 valence electrons. The molecule has 0 aliphatic carbocycles. The van der Waals surface area contributed by atoms with E-state index in [0.29, 0.717) is 35.9 Å². The molecule has 0 saturated carbocycles. The van der Waals surface area contributed by atoms with E-state index in [2.05, 4.69) is 5.32 Å². The Hall–Kier alpha value is -2.74. The van der Waals surface area contributed by atoms with E-state index >= 15 is 0 Å². The summed E-state index contributed by atoms with van der Waals surface area (Å²) in [7, 11) is -1.91. The molecule has 2 aromatic carbocycles. The average molecular weight is 407 g/mol. The number of nitrogens with zero attached hydrogens (tertiary/aromatic N) is 1. The van der Waals surface area contributed by atoms with Gasteiger partial charge < -0.3 is 14.8 Å². The summed E-state index contributed by atoms with van der Waals surface area (Å²) >= 11 is 0. The minimum atomic E-state index is -3.46. The number of nitrogens with one attached hydrogen (secondary N) is 1. The topological polar surface area (TPSA) is 84.9 Å². The lowest BCUT2D eigenvalue weighted by molar-refractivity contribution is -0.116. The van der Waals surface area contributed by atoms with Crippen LogP contribution in [-0.2, 0) is 14.8 Å². The molecule has 2 rings (SSSR count). The van der Waals surface area contributed by atoms with Gasteiger partial charge in [-0.3, -0.25) is 9.10 Å². The molecule has 0 unspecified atom stereocenters. The molecule has 0 aliphatic heterocycles. The van der Waals surface area contributed by atoms with Crippen LogP contribution in [0.5, 0.6) is 11.5 Å². The van der Waals surface area contributed by atoms with Crippen LogP contribution in [0.25, 0.3) is 0 Å². The van der Waals surface area contributed by atoms with Crippen molar-refractivity contribution in [3.63, 3.8) is 0 Å². The highest BCUT2D eigenvalue weighted by Gasteiger charge is 2.17. The second kappa shape index (κ2) is 9.98. The van der Waals surface area contributed by atoms with Crippen LogP contribution in [0.15, 0.2) is 48.5 Å². The van der Waals surface area contributed by atoms with Crippen molar-refractivity contribution in [1.82, 2.24) is 0 Å². The molecule has 2 aromatic rings. The number of carbonyl (C=O) groups excluding carboxylic acids is 1. The van der Waals surface area contributed by atoms with E-state index in [0.717, 1.165) is 6.26 Å². The molecule has 8 heteroatoms. The number of sulfonamides is 1. The molecule has 0 aromatic heterocycles. The summed E-state index contributed by atoms with van der Waals surface area (Å²) in [5.74, 6) is 1.14. The number of hydrogen-bond acceptors (Lipinski definition) is 5. The first-order valence-corrected chi connectivity index (χ1v) is 10.8. The first kappa shape index (κ1) is 21.6. The zero-order valence-corrected chi connectivity index (χ0v) is 17.2. The molecule has 0 saturated heterocycles. The summed E-state index contributed by atoms with van der Waals surface area (Å²) in [6.07, 6.45) is 1.73. The number of benzene rings is 2. The molecular weight excluding hydrogens is 380 g/mol. The van der Waals surface area contributed by atoms with E-state index in [9.17, 15) is 13.2 Å². The second-order valence-corrected chi connectivity index (χ2v) is 8.05. The molecule has 0 radical (unpaired) electrons. The summed E-state index contributed by atoms with van der Waals surface area (Å²) in [6, 6.07) is 13.9. The van der Waals surface area contributed by atoms with Crippen LogP contribution in [0.4, 0.5) is 11.4 Å². The van der Waals surface area contributed by atoms with Crippen LogP contribution in [-0.4, -0.2) is 40.8 Å². The zero-order valence-electron chi connectivity index (χ0n) is 16.3. The van der Waals surface area contributed by atoms with Crippen molar-refractivity contribution in [3.8, 4) is 11.5 Å². The summed E-state index contributed by atoms with van der Waals surface area (Å²) in [5, 5.41) is 2.79. The molecule has 1 N–H and O–H groups in total. The maximum absolute atomic E-state index is 12.2. The Labute approximate surface area is 166 Å². The maximum atomic E-state index is 12.2. The van der Waals surface area contributed by atoms with Crippen molar-refractivity contribution in [1.29, 1.82) is 0 Å². The lowest BCUT2D eigenvalue weighted by atomic mass is 10.2. The predicted octanol–water partition coefficient (Wildman–Crippen LogP) is 3.28. The van der Waals surface area contributed by atoms with Crippen molar-refractivity contribution in [2.75, 3.05) is 36.1 Å². The number of amides is 1. The third-order valence-corrected chi connectivity index (χ3v) is 5.15. The summed E-state index contributed by atoms with van der Waals surface area (Å²) in [6.45, 7) is 2.63. The van der Waals surface area contributed by atoms with E-state index < -0.39 is 10.0 Å². The molecule has 0 heterocycles. The highest BCUT2D eigenvalue weighted by molar-refractivity contribution is 7.92. The molecule has 0 fully saturated rings. The van der Waals surface area contributed by atoms with Gasteiger partial charge in [0.05, 0.1) is 25.7 Å². The fraction of sp³-hybridized carbons (Fsp3) is 0.350. The molecule has 1 amide bonds. The Kier molecular flexibility index (Phi) is 7.69. The Bertz CT molecular complexity index is 882. The largest absolute Gasteiger partial charge is 0.497 e. The Balaban J connectivity index is 1.95. The molecule has 0 bridgehead atoms. The van der Waals surface area contributed by atoms with Gasteiger partial charge in [-0.1, -0.05) is 6.07 Å². The number of ether oxygens (including phenoxy) is 2. The summed E-state index contributed by atoms with van der Waals surface area (Å²) < 4.78 is 36.1. The highest BCUT2D eigenvalue weighted by Crippen LogP contribution is 2.22. The second-order valence-electron chi connectivity index (χ2n) is 6.15. The van der Waals surface area contributed by atoms with Gasteiger partial charge in [0.15, 0.2) is 0 Å². The van der Waals surface area contributed by atoms with Crippen molar-refractivity contribution in [2.24, 2.45) is 0 Å². The van der Waals surface area contributed by atoms with E-state index in [-0.39, 0.29) is 18.9 Å². The maximum Gasteiger partial charge on any atom is 0.232 e. The van der Waals surface area contributed by atoms with Gasteiger partial charge in [-0.25, -0.2) is 8.42 Å². The van der Waals surface area contributed by atoms with Crippen LogP contribution in [0, 0.1) is 0 Å². The van der Waals surface area contributed by atoms with Crippen LogP contribution in [0.3, 0.4) is 0 Å². The van der Waals surface area contributed by atoms with E-state index in [1.165, 1.54) is 4.31 Å². The molecular formula is C20H26N2O5S.